The number of carboxylic acids is 1. The van der Waals surface area contributed by atoms with Gasteiger partial charge >= 0.3 is 5.97 Å². The molecule has 0 saturated heterocycles. The molecule has 0 aliphatic heterocycles. The van der Waals surface area contributed by atoms with E-state index in [1.54, 1.807) is 7.11 Å². The molecule has 2 atom stereocenters. The van der Waals surface area contributed by atoms with Gasteiger partial charge in [0.25, 0.3) is 0 Å². The van der Waals surface area contributed by atoms with Gasteiger partial charge in [-0.05, 0) is 12.0 Å². The van der Waals surface area contributed by atoms with E-state index in [0.717, 1.165) is 5.56 Å². The van der Waals surface area contributed by atoms with Gasteiger partial charge < -0.3 is 9.84 Å². The van der Waals surface area contributed by atoms with E-state index in [0.29, 0.717) is 6.42 Å². The second-order valence-corrected chi connectivity index (χ2v) is 3.55. The van der Waals surface area contributed by atoms with Gasteiger partial charge in [0, 0.05) is 7.11 Å². The monoisotopic (exact) mass is 192 g/mol. The Morgan fingerprint density at radius 2 is 2.14 bits per heavy atom. The van der Waals surface area contributed by atoms with Gasteiger partial charge in [0.2, 0.25) is 0 Å². The highest BCUT2D eigenvalue weighted by atomic mass is 16.5. The quantitative estimate of drug-likeness (QED) is 0.791. The smallest absolute Gasteiger partial charge is 0.309 e. The lowest BCUT2D eigenvalue weighted by atomic mass is 10.1. The van der Waals surface area contributed by atoms with Crippen molar-refractivity contribution in [1.29, 1.82) is 0 Å². The number of ether oxygens (including phenoxy) is 1. The first-order valence-electron chi connectivity index (χ1n) is 4.54. The van der Waals surface area contributed by atoms with Crippen LogP contribution in [0, 0.1) is 5.92 Å². The Labute approximate surface area is 82.3 Å². The Morgan fingerprint density at radius 3 is 2.57 bits per heavy atom. The lowest BCUT2D eigenvalue weighted by molar-refractivity contribution is -0.140. The average Bonchev–Trinajstić information content (AvgIpc) is 2.95. The molecule has 2 rings (SSSR count). The second kappa shape index (κ2) is 3.10. The summed E-state index contributed by atoms with van der Waals surface area (Å²) < 4.78 is 5.33. The van der Waals surface area contributed by atoms with Crippen molar-refractivity contribution in [2.75, 3.05) is 7.11 Å². The molecule has 14 heavy (non-hydrogen) atoms. The first kappa shape index (κ1) is 9.21. The minimum atomic E-state index is -0.782. The van der Waals surface area contributed by atoms with E-state index in [4.69, 9.17) is 9.84 Å². The van der Waals surface area contributed by atoms with E-state index >= 15 is 0 Å². The van der Waals surface area contributed by atoms with Gasteiger partial charge in [0.05, 0.1) is 5.92 Å². The number of methoxy groups -OCH3 is 1. The first-order valence-corrected chi connectivity index (χ1v) is 4.54. The zero-order valence-corrected chi connectivity index (χ0v) is 7.93. The van der Waals surface area contributed by atoms with Crippen LogP contribution < -0.4 is 0 Å². The summed E-state index contributed by atoms with van der Waals surface area (Å²) in [4.78, 5) is 10.8. The summed E-state index contributed by atoms with van der Waals surface area (Å²) in [6, 6.07) is 9.52. The maximum Gasteiger partial charge on any atom is 0.309 e. The molecule has 1 saturated carbocycles. The third-order valence-corrected chi connectivity index (χ3v) is 2.83. The summed E-state index contributed by atoms with van der Waals surface area (Å²) >= 11 is 0. The fourth-order valence-corrected chi connectivity index (χ4v) is 1.91. The summed E-state index contributed by atoms with van der Waals surface area (Å²) in [6.07, 6.45) is 0.572. The molecular formula is C11H12O3. The first-order chi connectivity index (χ1) is 6.70. The molecule has 0 heterocycles. The van der Waals surface area contributed by atoms with Crippen LogP contribution >= 0.6 is 0 Å². The maximum atomic E-state index is 10.8. The van der Waals surface area contributed by atoms with E-state index in [1.165, 1.54) is 0 Å². The lowest BCUT2D eigenvalue weighted by Crippen LogP contribution is -2.16. The van der Waals surface area contributed by atoms with Crippen LogP contribution in [-0.4, -0.2) is 18.2 Å². The Balaban J connectivity index is 2.29. The Hall–Kier alpha value is -1.35. The molecule has 0 aromatic heterocycles. The minimum Gasteiger partial charge on any atom is -0.481 e. The van der Waals surface area contributed by atoms with Crippen LogP contribution in [0.2, 0.25) is 0 Å². The van der Waals surface area contributed by atoms with Gasteiger partial charge in [-0.15, -0.1) is 0 Å². The van der Waals surface area contributed by atoms with Crippen LogP contribution in [0.15, 0.2) is 30.3 Å². The number of carboxylic acid groups (broad SMARTS) is 1. The topological polar surface area (TPSA) is 46.5 Å². The molecule has 3 nitrogen and oxygen atoms in total. The summed E-state index contributed by atoms with van der Waals surface area (Å²) in [6.45, 7) is 0. The van der Waals surface area contributed by atoms with E-state index < -0.39 is 17.5 Å². The molecule has 0 amide bonds. The van der Waals surface area contributed by atoms with E-state index in [9.17, 15) is 4.79 Å². The van der Waals surface area contributed by atoms with E-state index in [1.807, 2.05) is 30.3 Å². The summed E-state index contributed by atoms with van der Waals surface area (Å²) in [5, 5.41) is 8.90. The van der Waals surface area contributed by atoms with E-state index in [2.05, 4.69) is 0 Å². The standard InChI is InChI=1S/C11H12O3/c1-14-11(7-9(11)10(12)13)8-5-3-2-4-6-8/h2-6,9H,7H2,1H3,(H,12,13)/t9-,11-/m1/s1. The van der Waals surface area contributed by atoms with Crippen LogP contribution in [-0.2, 0) is 15.1 Å². The summed E-state index contributed by atoms with van der Waals surface area (Å²) in [5.74, 6) is -1.18. The maximum absolute atomic E-state index is 10.8. The molecule has 1 aromatic carbocycles. The highest BCUT2D eigenvalue weighted by Gasteiger charge is 2.60. The normalized spacial score (nSPS) is 29.9. The van der Waals surface area contributed by atoms with Crippen molar-refractivity contribution in [2.45, 2.75) is 12.0 Å². The van der Waals surface area contributed by atoms with Gasteiger partial charge in [0.1, 0.15) is 5.60 Å². The second-order valence-electron chi connectivity index (χ2n) is 3.55. The highest BCUT2D eigenvalue weighted by Crippen LogP contribution is 2.54. The minimum absolute atomic E-state index is 0.394. The predicted octanol–water partition coefficient (Wildman–Crippen LogP) is 1.63. The molecule has 1 aromatic rings. The largest absolute Gasteiger partial charge is 0.481 e. The third-order valence-electron chi connectivity index (χ3n) is 2.83. The summed E-state index contributed by atoms with van der Waals surface area (Å²) in [7, 11) is 1.57. The van der Waals surface area contributed by atoms with Crippen molar-refractivity contribution in [3.05, 3.63) is 35.9 Å². The molecular weight excluding hydrogens is 180 g/mol. The Morgan fingerprint density at radius 1 is 1.50 bits per heavy atom. The van der Waals surface area contributed by atoms with Crippen LogP contribution in [0.3, 0.4) is 0 Å². The lowest BCUT2D eigenvalue weighted by Gasteiger charge is -2.14. The van der Waals surface area contributed by atoms with E-state index in [-0.39, 0.29) is 0 Å². The molecule has 0 radical (unpaired) electrons. The van der Waals surface area contributed by atoms with Gasteiger partial charge in [-0.1, -0.05) is 30.3 Å². The van der Waals surface area contributed by atoms with Crippen molar-refractivity contribution in [2.24, 2.45) is 5.92 Å². The molecule has 1 aliphatic carbocycles. The van der Waals surface area contributed by atoms with Gasteiger partial charge in [-0.25, -0.2) is 0 Å². The molecule has 74 valence electrons. The van der Waals surface area contributed by atoms with Crippen molar-refractivity contribution < 1.29 is 14.6 Å². The average molecular weight is 192 g/mol. The number of rotatable bonds is 3. The van der Waals surface area contributed by atoms with Crippen molar-refractivity contribution in [3.8, 4) is 0 Å². The number of hydrogen-bond donors (Lipinski definition) is 1. The van der Waals surface area contributed by atoms with Crippen LogP contribution in [0.25, 0.3) is 0 Å². The number of hydrogen-bond acceptors (Lipinski definition) is 2. The highest BCUT2D eigenvalue weighted by molar-refractivity contribution is 5.76. The molecule has 3 heteroatoms. The van der Waals surface area contributed by atoms with Crippen molar-refractivity contribution in [3.63, 3.8) is 0 Å². The molecule has 1 fully saturated rings. The number of aliphatic carboxylic acids is 1. The zero-order valence-electron chi connectivity index (χ0n) is 7.93. The third kappa shape index (κ3) is 1.21. The van der Waals surface area contributed by atoms with Crippen LogP contribution in [0.5, 0.6) is 0 Å². The fraction of sp³-hybridized carbons (Fsp3) is 0.364. The molecule has 1 aliphatic rings. The number of benzene rings is 1. The van der Waals surface area contributed by atoms with Gasteiger partial charge in [0.15, 0.2) is 0 Å². The van der Waals surface area contributed by atoms with Crippen molar-refractivity contribution in [1.82, 2.24) is 0 Å². The van der Waals surface area contributed by atoms with Crippen molar-refractivity contribution >= 4 is 5.97 Å². The van der Waals surface area contributed by atoms with Crippen LogP contribution in [0.4, 0.5) is 0 Å². The van der Waals surface area contributed by atoms with Crippen LogP contribution in [0.1, 0.15) is 12.0 Å². The SMILES string of the molecule is CO[C@@]1(c2ccccc2)C[C@@H]1C(=O)O. The predicted molar refractivity (Wildman–Crippen MR) is 50.9 cm³/mol. The molecule has 0 spiro atoms. The Kier molecular flexibility index (Phi) is 2.04. The molecule has 1 N–H and O–H groups in total. The number of carbonyl (C=O) groups is 1. The van der Waals surface area contributed by atoms with Gasteiger partial charge in [-0.2, -0.15) is 0 Å². The van der Waals surface area contributed by atoms with Gasteiger partial charge in [-0.3, -0.25) is 4.79 Å². The summed E-state index contributed by atoms with van der Waals surface area (Å²) in [5.41, 5.74) is 0.377. The Bertz CT molecular complexity index is 347. The zero-order chi connectivity index (χ0) is 10.2. The molecule has 0 bridgehead atoms. The molecule has 0 unspecified atom stereocenters. The fourth-order valence-electron chi connectivity index (χ4n) is 1.91.